The number of unbranched alkanes of at least 4 members (excludes halogenated alkanes) is 2. The van der Waals surface area contributed by atoms with Crippen LogP contribution >= 0.6 is 0 Å². The van der Waals surface area contributed by atoms with Crippen LogP contribution in [0.1, 0.15) is 62.0 Å². The summed E-state index contributed by atoms with van der Waals surface area (Å²) in [7, 11) is 2.97. The Bertz CT molecular complexity index is 2720. The number of aliphatic hydroxyl groups excluding tert-OH is 3. The minimum Gasteiger partial charge on any atom is -0.497 e. The molecular formula is C54H63N5O17. The molecule has 4 N–H and O–H groups in total. The molecule has 1 saturated carbocycles. The Morgan fingerprint density at radius 3 is 2.18 bits per heavy atom. The minimum atomic E-state index is -1.78. The Balaban J connectivity index is 1.41. The van der Waals surface area contributed by atoms with Crippen LogP contribution in [-0.2, 0) is 20.9 Å². The van der Waals surface area contributed by atoms with E-state index in [1.165, 1.54) is 55.5 Å². The Morgan fingerprint density at radius 2 is 1.53 bits per heavy atom. The van der Waals surface area contributed by atoms with E-state index in [-0.39, 0.29) is 93.9 Å². The summed E-state index contributed by atoms with van der Waals surface area (Å²) in [5.41, 5.74) is 2.29. The number of methoxy groups -OCH3 is 2. The van der Waals surface area contributed by atoms with Crippen molar-refractivity contribution in [2.45, 2.75) is 69.3 Å². The molecule has 406 valence electrons. The highest BCUT2D eigenvalue weighted by Crippen LogP contribution is 2.62. The first kappa shape index (κ1) is 56.1. The molecule has 22 heteroatoms. The summed E-state index contributed by atoms with van der Waals surface area (Å²) in [5, 5.41) is 60.3. The molecule has 2 aliphatic carbocycles. The molecule has 0 bridgehead atoms. The summed E-state index contributed by atoms with van der Waals surface area (Å²) >= 11 is 0. The van der Waals surface area contributed by atoms with E-state index < -0.39 is 45.7 Å². The number of carbonyl (C=O) groups excluding carboxylic acids is 2. The fraction of sp³-hybridized carbons (Fsp3) is 0.426. The monoisotopic (exact) mass is 1050 g/mol. The number of non-ortho nitro benzene ring substituents is 2. The lowest BCUT2D eigenvalue weighted by molar-refractivity contribution is -0.385. The van der Waals surface area contributed by atoms with Crippen molar-refractivity contribution in [3.63, 3.8) is 0 Å². The van der Waals surface area contributed by atoms with Gasteiger partial charge in [0.1, 0.15) is 41.4 Å². The van der Waals surface area contributed by atoms with Crippen molar-refractivity contribution in [3.8, 4) is 28.7 Å². The van der Waals surface area contributed by atoms with Gasteiger partial charge >= 0.3 is 12.2 Å². The third kappa shape index (κ3) is 13.2. The Labute approximate surface area is 438 Å². The Hall–Kier alpha value is -7.63. The maximum absolute atomic E-state index is 14.9. The second kappa shape index (κ2) is 26.7. The standard InChI is InChI=1S/C54H63N5O17/c1-4-27-72-54-49(57(23-28-71-29-26-62)53(64)75-39-17-15-38(16-18-39)59(67)68)33-46(56-73-34-35-11-13-37(14-12-35)58(65)66)43-30-36(9-5-7-24-60)42(10-6-8-25-61)50(51(43)54)44-31-41(20-22-47(44)76-54)74-52(63)55-45-21-19-40(69-2)32-48(45)70-3/h4,11-22,30-32,36,42,49-51,60-62H,1,5-10,23-29,33-34H2,2-3H3,(H,55,63)/t36-,42+,49-,50+,51+,54+/m0/s1. The number of nitrogens with one attached hydrogen (secondary N) is 1. The topological polar surface area (TPSA) is 283 Å². The zero-order chi connectivity index (χ0) is 54.2. The average molecular weight is 1050 g/mol. The Morgan fingerprint density at radius 1 is 0.842 bits per heavy atom. The summed E-state index contributed by atoms with van der Waals surface area (Å²) in [6.07, 6.45) is 5.39. The lowest BCUT2D eigenvalue weighted by atomic mass is 9.55. The van der Waals surface area contributed by atoms with Gasteiger partial charge in [0.15, 0.2) is 0 Å². The van der Waals surface area contributed by atoms with E-state index in [0.717, 1.165) is 0 Å². The average Bonchev–Trinajstić information content (AvgIpc) is 3.57. The van der Waals surface area contributed by atoms with E-state index >= 15 is 0 Å². The molecule has 0 radical (unpaired) electrons. The molecule has 76 heavy (non-hydrogen) atoms. The van der Waals surface area contributed by atoms with Crippen LogP contribution in [0.15, 0.2) is 114 Å². The maximum atomic E-state index is 14.9. The normalized spacial score (nSPS) is 20.7. The third-order valence-corrected chi connectivity index (χ3v) is 13.6. The second-order valence-electron chi connectivity index (χ2n) is 18.2. The molecule has 22 nitrogen and oxygen atoms in total. The van der Waals surface area contributed by atoms with Gasteiger partial charge in [-0.25, -0.2) is 9.59 Å². The first-order valence-corrected chi connectivity index (χ1v) is 24.9. The molecular weight excluding hydrogens is 991 g/mol. The quantitative estimate of drug-likeness (QED) is 0.0188. The number of nitro groups is 2. The van der Waals surface area contributed by atoms with Gasteiger partial charge in [0.2, 0.25) is 5.79 Å². The van der Waals surface area contributed by atoms with Crippen LogP contribution in [0, 0.1) is 38.0 Å². The number of nitro benzene ring substituents is 2. The van der Waals surface area contributed by atoms with Crippen LogP contribution < -0.4 is 29.0 Å². The molecule has 3 aliphatic rings. The van der Waals surface area contributed by atoms with Gasteiger partial charge in [0.25, 0.3) is 11.4 Å². The fourth-order valence-corrected chi connectivity index (χ4v) is 10.3. The lowest BCUT2D eigenvalue weighted by Crippen LogP contribution is -2.70. The van der Waals surface area contributed by atoms with Crippen molar-refractivity contribution in [3.05, 3.63) is 141 Å². The van der Waals surface area contributed by atoms with Crippen LogP contribution in [-0.4, -0.2) is 120 Å². The van der Waals surface area contributed by atoms with Crippen molar-refractivity contribution in [1.29, 1.82) is 0 Å². The smallest absolute Gasteiger partial charge is 0.417 e. The summed E-state index contributed by atoms with van der Waals surface area (Å²) in [4.78, 5) is 58.1. The maximum Gasteiger partial charge on any atom is 0.417 e. The molecule has 4 aromatic carbocycles. The van der Waals surface area contributed by atoms with Crippen molar-refractivity contribution in [2.24, 2.45) is 22.9 Å². The fourth-order valence-electron chi connectivity index (χ4n) is 10.3. The number of benzene rings is 4. The number of carbonyl (C=O) groups is 2. The number of rotatable bonds is 27. The summed E-state index contributed by atoms with van der Waals surface area (Å²) < 4.78 is 42.8. The largest absolute Gasteiger partial charge is 0.497 e. The van der Waals surface area contributed by atoms with Crippen molar-refractivity contribution < 1.29 is 72.8 Å². The number of aliphatic hydroxyl groups is 3. The number of allylic oxidation sites excluding steroid dienone is 1. The molecule has 7 rings (SSSR count). The number of hydrogen-bond acceptors (Lipinski definition) is 18. The summed E-state index contributed by atoms with van der Waals surface area (Å²) in [6, 6.07) is 19.6. The molecule has 0 unspecified atom stereocenters. The molecule has 1 fully saturated rings. The number of fused-ring (bicyclic) bond motifs is 2. The van der Waals surface area contributed by atoms with Crippen molar-refractivity contribution in [1.82, 2.24) is 4.90 Å². The van der Waals surface area contributed by atoms with Crippen molar-refractivity contribution >= 4 is 35.0 Å². The highest BCUT2D eigenvalue weighted by molar-refractivity contribution is 6.03. The first-order valence-electron chi connectivity index (χ1n) is 24.9. The number of anilines is 1. The van der Waals surface area contributed by atoms with E-state index in [1.807, 2.05) is 0 Å². The predicted molar refractivity (Wildman–Crippen MR) is 276 cm³/mol. The molecule has 1 heterocycles. The molecule has 0 spiro atoms. The number of oxime groups is 1. The van der Waals surface area contributed by atoms with Crippen LogP contribution in [0.2, 0.25) is 0 Å². The molecule has 0 aromatic heterocycles. The zero-order valence-corrected chi connectivity index (χ0v) is 42.3. The van der Waals surface area contributed by atoms with E-state index in [0.29, 0.717) is 83.9 Å². The number of hydrogen-bond donors (Lipinski definition) is 4. The van der Waals surface area contributed by atoms with Gasteiger partial charge in [0, 0.05) is 68.0 Å². The van der Waals surface area contributed by atoms with Gasteiger partial charge < -0.3 is 53.3 Å². The van der Waals surface area contributed by atoms with Gasteiger partial charge in [-0.15, -0.1) is 6.58 Å². The Kier molecular flexibility index (Phi) is 19.7. The van der Waals surface area contributed by atoms with E-state index in [9.17, 15) is 45.1 Å². The number of nitrogens with zero attached hydrogens (tertiary/aromatic N) is 4. The van der Waals surface area contributed by atoms with Gasteiger partial charge in [-0.1, -0.05) is 30.1 Å². The molecule has 6 atom stereocenters. The highest BCUT2D eigenvalue weighted by atomic mass is 16.7. The van der Waals surface area contributed by atoms with Crippen LogP contribution in [0.4, 0.5) is 26.7 Å². The van der Waals surface area contributed by atoms with Gasteiger partial charge in [-0.05, 0) is 103 Å². The van der Waals surface area contributed by atoms with E-state index in [2.05, 4.69) is 18.0 Å². The van der Waals surface area contributed by atoms with Crippen LogP contribution in [0.3, 0.4) is 0 Å². The number of ether oxygens (including phenoxy) is 7. The number of amides is 2. The van der Waals surface area contributed by atoms with Crippen LogP contribution in [0.25, 0.3) is 0 Å². The van der Waals surface area contributed by atoms with Gasteiger partial charge in [-0.2, -0.15) is 0 Å². The molecule has 0 saturated heterocycles. The zero-order valence-electron chi connectivity index (χ0n) is 42.3. The first-order chi connectivity index (χ1) is 36.9. The minimum absolute atomic E-state index is 0.00299. The third-order valence-electron chi connectivity index (χ3n) is 13.6. The van der Waals surface area contributed by atoms with Gasteiger partial charge in [-0.3, -0.25) is 30.4 Å². The molecule has 4 aromatic rings. The van der Waals surface area contributed by atoms with E-state index in [4.69, 9.17) is 43.2 Å². The predicted octanol–water partition coefficient (Wildman–Crippen LogP) is 8.47. The molecule has 2 amide bonds. The highest BCUT2D eigenvalue weighted by Gasteiger charge is 2.66. The van der Waals surface area contributed by atoms with Crippen LogP contribution in [0.5, 0.6) is 28.7 Å². The SMILES string of the molecule is C=CCO[C@@]12Oc3ccc(OC(=O)Nc4ccc(OC)cc4OC)cc3[C@H]3[C@H](CCCCO)[C@@H](CCCCO)C=C(C(=NOCc4ccc([N+](=O)[O-])cc4)C[C@@H]1N(CCOCCO)C(=O)Oc1ccc([N+](=O)[O-])cc1)[C@H]32. The molecule has 1 aliphatic heterocycles. The van der Waals surface area contributed by atoms with E-state index in [1.54, 1.807) is 54.6 Å². The second-order valence-corrected chi connectivity index (χ2v) is 18.2. The van der Waals surface area contributed by atoms with Gasteiger partial charge in [0.05, 0.1) is 67.8 Å². The van der Waals surface area contributed by atoms with Crippen molar-refractivity contribution in [2.75, 3.05) is 65.7 Å². The summed E-state index contributed by atoms with van der Waals surface area (Å²) in [6.45, 7) is 3.12. The lowest BCUT2D eigenvalue weighted by Gasteiger charge is -2.59. The summed E-state index contributed by atoms with van der Waals surface area (Å²) in [5.74, 6) is -2.22.